The minimum absolute atomic E-state index is 0.130. The zero-order valence-corrected chi connectivity index (χ0v) is 16.5. The first-order chi connectivity index (χ1) is 15.5. The molecule has 8 heteroatoms. The number of halogens is 1. The molecular weight excluding hydrogens is 417 g/mol. The van der Waals surface area contributed by atoms with Crippen molar-refractivity contribution in [3.05, 3.63) is 102 Å². The Labute approximate surface area is 182 Å². The van der Waals surface area contributed by atoms with E-state index in [1.54, 1.807) is 36.4 Å². The summed E-state index contributed by atoms with van der Waals surface area (Å²) < 4.78 is 24.9. The number of ether oxygens (including phenoxy) is 2. The fourth-order valence-electron chi connectivity index (χ4n) is 3.23. The van der Waals surface area contributed by atoms with E-state index >= 15 is 0 Å². The summed E-state index contributed by atoms with van der Waals surface area (Å²) in [6.07, 6.45) is -3.55. The molecule has 3 aromatic rings. The standard InChI is InChI=1S/C24H16FNO6/c25-17-13-7-8-14-18(17)26-21(27)19(31-23(29)15-9-3-1-4-10-15)20(22(26)28)32-24(30)16-11-5-2-6-12-16/h1-14,19-20H/t19-,20+. The lowest BCUT2D eigenvalue weighted by atomic mass is 10.2. The Kier molecular flexibility index (Phi) is 5.76. The third-order valence-corrected chi connectivity index (χ3v) is 4.78. The maximum absolute atomic E-state index is 14.3. The number of esters is 2. The van der Waals surface area contributed by atoms with Gasteiger partial charge in [-0.15, -0.1) is 0 Å². The van der Waals surface area contributed by atoms with Crippen LogP contribution in [0.3, 0.4) is 0 Å². The van der Waals surface area contributed by atoms with Gasteiger partial charge in [-0.3, -0.25) is 9.59 Å². The number of rotatable bonds is 5. The normalized spacial score (nSPS) is 17.8. The van der Waals surface area contributed by atoms with Gasteiger partial charge in [0.15, 0.2) is 0 Å². The number of carbonyl (C=O) groups is 4. The highest BCUT2D eigenvalue weighted by molar-refractivity contribution is 6.25. The van der Waals surface area contributed by atoms with Gasteiger partial charge in [0.05, 0.1) is 16.8 Å². The Morgan fingerprint density at radius 3 is 1.50 bits per heavy atom. The molecule has 7 nitrogen and oxygen atoms in total. The molecule has 0 radical (unpaired) electrons. The van der Waals surface area contributed by atoms with Crippen LogP contribution in [0.1, 0.15) is 20.7 Å². The predicted molar refractivity (Wildman–Crippen MR) is 110 cm³/mol. The number of amides is 2. The number of hydrogen-bond acceptors (Lipinski definition) is 6. The molecule has 1 aliphatic heterocycles. The van der Waals surface area contributed by atoms with Crippen molar-refractivity contribution in [3.8, 4) is 0 Å². The second-order valence-corrected chi connectivity index (χ2v) is 6.85. The van der Waals surface area contributed by atoms with Gasteiger partial charge in [0.2, 0.25) is 12.2 Å². The van der Waals surface area contributed by atoms with E-state index in [1.807, 2.05) is 0 Å². The van der Waals surface area contributed by atoms with Crippen molar-refractivity contribution >= 4 is 29.4 Å². The lowest BCUT2D eigenvalue weighted by molar-refractivity contribution is -0.130. The Hall–Kier alpha value is -4.33. The average molecular weight is 433 g/mol. The third kappa shape index (κ3) is 3.98. The topological polar surface area (TPSA) is 90.0 Å². The van der Waals surface area contributed by atoms with Gasteiger partial charge >= 0.3 is 11.9 Å². The molecule has 0 unspecified atom stereocenters. The van der Waals surface area contributed by atoms with E-state index in [0.717, 1.165) is 6.07 Å². The zero-order valence-electron chi connectivity index (χ0n) is 16.5. The highest BCUT2D eigenvalue weighted by Crippen LogP contribution is 2.29. The van der Waals surface area contributed by atoms with E-state index in [0.29, 0.717) is 4.90 Å². The molecule has 0 spiro atoms. The number of anilines is 1. The molecule has 3 aromatic carbocycles. The first-order valence-electron chi connectivity index (χ1n) is 9.62. The molecule has 4 rings (SSSR count). The second-order valence-electron chi connectivity index (χ2n) is 6.85. The van der Waals surface area contributed by atoms with Crippen molar-refractivity contribution in [2.24, 2.45) is 0 Å². The maximum atomic E-state index is 14.3. The third-order valence-electron chi connectivity index (χ3n) is 4.78. The van der Waals surface area contributed by atoms with E-state index in [4.69, 9.17) is 9.47 Å². The van der Waals surface area contributed by atoms with Crippen molar-refractivity contribution in [3.63, 3.8) is 0 Å². The molecule has 0 aromatic heterocycles. The SMILES string of the molecule is O=C(O[C@@H]1C(=O)N(c2ccccc2F)C(=O)[C@@H]1OC(=O)c1ccccc1)c1ccccc1. The van der Waals surface area contributed by atoms with Gasteiger partial charge < -0.3 is 9.47 Å². The van der Waals surface area contributed by atoms with E-state index in [1.165, 1.54) is 42.5 Å². The smallest absolute Gasteiger partial charge is 0.339 e. The van der Waals surface area contributed by atoms with Gasteiger partial charge in [-0.05, 0) is 36.4 Å². The predicted octanol–water partition coefficient (Wildman–Crippen LogP) is 3.15. The molecule has 0 N–H and O–H groups in total. The summed E-state index contributed by atoms with van der Waals surface area (Å²) in [6, 6.07) is 20.7. The maximum Gasteiger partial charge on any atom is 0.339 e. The Bertz CT molecular complexity index is 1110. The molecule has 0 aliphatic carbocycles. The van der Waals surface area contributed by atoms with Crippen LogP contribution in [-0.2, 0) is 19.1 Å². The fraction of sp³-hybridized carbons (Fsp3) is 0.0833. The summed E-state index contributed by atoms with van der Waals surface area (Å²) in [6.45, 7) is 0. The Morgan fingerprint density at radius 1 is 0.656 bits per heavy atom. The molecular formula is C24H16FNO6. The van der Waals surface area contributed by atoms with Gasteiger partial charge in [0, 0.05) is 0 Å². The van der Waals surface area contributed by atoms with Crippen LogP contribution in [0.25, 0.3) is 0 Å². The van der Waals surface area contributed by atoms with Crippen molar-refractivity contribution < 1.29 is 33.0 Å². The summed E-state index contributed by atoms with van der Waals surface area (Å²) in [5, 5.41) is 0. The number of hydrogen-bond donors (Lipinski definition) is 0. The van der Waals surface area contributed by atoms with E-state index < -0.39 is 41.8 Å². The molecule has 2 amide bonds. The van der Waals surface area contributed by atoms with Crippen LogP contribution in [0.5, 0.6) is 0 Å². The van der Waals surface area contributed by atoms with Crippen LogP contribution in [0.15, 0.2) is 84.9 Å². The molecule has 1 heterocycles. The van der Waals surface area contributed by atoms with Gasteiger partial charge in [0.25, 0.3) is 11.8 Å². The number of benzene rings is 3. The van der Waals surface area contributed by atoms with Gasteiger partial charge in [-0.1, -0.05) is 48.5 Å². The van der Waals surface area contributed by atoms with Crippen molar-refractivity contribution in [2.75, 3.05) is 4.90 Å². The minimum Gasteiger partial charge on any atom is -0.444 e. The summed E-state index contributed by atoms with van der Waals surface area (Å²) in [5.41, 5.74) is -0.0722. The lowest BCUT2D eigenvalue weighted by Crippen LogP contribution is -2.37. The molecule has 2 atom stereocenters. The summed E-state index contributed by atoms with van der Waals surface area (Å²) >= 11 is 0. The number of carbonyl (C=O) groups excluding carboxylic acids is 4. The summed E-state index contributed by atoms with van der Waals surface area (Å²) in [5.74, 6) is -4.66. The molecule has 0 saturated carbocycles. The second kappa shape index (κ2) is 8.81. The van der Waals surface area contributed by atoms with E-state index in [-0.39, 0.29) is 16.8 Å². The quantitative estimate of drug-likeness (QED) is 0.454. The first-order valence-corrected chi connectivity index (χ1v) is 9.62. The lowest BCUT2D eigenvalue weighted by Gasteiger charge is -2.16. The van der Waals surface area contributed by atoms with Crippen LogP contribution in [-0.4, -0.2) is 36.0 Å². The fourth-order valence-corrected chi connectivity index (χ4v) is 3.23. The van der Waals surface area contributed by atoms with Crippen LogP contribution in [0.4, 0.5) is 10.1 Å². The monoisotopic (exact) mass is 433 g/mol. The number of nitrogens with zero attached hydrogens (tertiary/aromatic N) is 1. The molecule has 160 valence electrons. The first kappa shape index (κ1) is 20.9. The van der Waals surface area contributed by atoms with Crippen molar-refractivity contribution in [1.29, 1.82) is 0 Å². The molecule has 0 bridgehead atoms. The highest BCUT2D eigenvalue weighted by Gasteiger charge is 2.54. The number of imide groups is 1. The largest absolute Gasteiger partial charge is 0.444 e. The van der Waals surface area contributed by atoms with Gasteiger partial charge in [-0.25, -0.2) is 18.9 Å². The zero-order chi connectivity index (χ0) is 22.7. The van der Waals surface area contributed by atoms with Crippen LogP contribution in [0.2, 0.25) is 0 Å². The summed E-state index contributed by atoms with van der Waals surface area (Å²) in [4.78, 5) is 51.7. The van der Waals surface area contributed by atoms with Gasteiger partial charge in [-0.2, -0.15) is 0 Å². The Morgan fingerprint density at radius 2 is 1.06 bits per heavy atom. The van der Waals surface area contributed by atoms with Crippen molar-refractivity contribution in [2.45, 2.75) is 12.2 Å². The minimum atomic E-state index is -1.78. The average Bonchev–Trinajstić information content (AvgIpc) is 3.04. The van der Waals surface area contributed by atoms with Crippen LogP contribution < -0.4 is 4.90 Å². The molecule has 1 saturated heterocycles. The highest BCUT2D eigenvalue weighted by atomic mass is 19.1. The Balaban J connectivity index is 1.67. The van der Waals surface area contributed by atoms with E-state index in [2.05, 4.69) is 0 Å². The summed E-state index contributed by atoms with van der Waals surface area (Å²) in [7, 11) is 0. The van der Waals surface area contributed by atoms with E-state index in [9.17, 15) is 23.6 Å². The molecule has 1 fully saturated rings. The van der Waals surface area contributed by atoms with Crippen LogP contribution >= 0.6 is 0 Å². The van der Waals surface area contributed by atoms with Gasteiger partial charge in [0.1, 0.15) is 5.82 Å². The van der Waals surface area contributed by atoms with Crippen molar-refractivity contribution in [1.82, 2.24) is 0 Å². The molecule has 32 heavy (non-hydrogen) atoms. The molecule has 1 aliphatic rings. The van der Waals surface area contributed by atoms with Crippen LogP contribution in [0, 0.1) is 5.82 Å². The number of para-hydroxylation sites is 1.